The van der Waals surface area contributed by atoms with E-state index < -0.39 is 17.7 Å². The van der Waals surface area contributed by atoms with Crippen molar-refractivity contribution in [3.8, 4) is 0 Å². The summed E-state index contributed by atoms with van der Waals surface area (Å²) >= 11 is 0. The molecule has 0 spiro atoms. The normalized spacial score (nSPS) is 11.8. The Kier molecular flexibility index (Phi) is 5.84. The largest absolute Gasteiger partial charge is 0.462 e. The van der Waals surface area contributed by atoms with Gasteiger partial charge in [0.2, 0.25) is 0 Å². The molecule has 2 rings (SSSR count). The van der Waals surface area contributed by atoms with Gasteiger partial charge < -0.3 is 15.0 Å². The molecule has 0 bridgehead atoms. The van der Waals surface area contributed by atoms with Crippen molar-refractivity contribution < 1.29 is 27.6 Å². The number of carbonyl (C=O) groups excluding carboxylic acids is 1. The van der Waals surface area contributed by atoms with E-state index in [-0.39, 0.29) is 23.1 Å². The van der Waals surface area contributed by atoms with Crippen LogP contribution in [0.5, 0.6) is 0 Å². The van der Waals surface area contributed by atoms with Crippen LogP contribution in [-0.4, -0.2) is 44.7 Å². The molecule has 0 aliphatic rings. The molecule has 2 aromatic rings. The SMILES string of the molecule is CCOC(=O)c1cnc2c(C(F)(F)F)cccc2c1NCC[NH+](C)C. The topological polar surface area (TPSA) is 55.7 Å². The molecule has 0 saturated heterocycles. The number of pyridine rings is 1. The third-order valence-corrected chi connectivity index (χ3v) is 3.62. The quantitative estimate of drug-likeness (QED) is 0.778. The third-order valence-electron chi connectivity index (χ3n) is 3.62. The van der Waals surface area contributed by atoms with E-state index in [4.69, 9.17) is 4.74 Å². The Bertz CT molecular complexity index is 761. The summed E-state index contributed by atoms with van der Waals surface area (Å²) in [5.74, 6) is -0.617. The lowest BCUT2D eigenvalue weighted by Gasteiger charge is -2.17. The maximum atomic E-state index is 13.2. The summed E-state index contributed by atoms with van der Waals surface area (Å²) in [5, 5.41) is 3.32. The van der Waals surface area contributed by atoms with Crippen LogP contribution in [-0.2, 0) is 10.9 Å². The molecule has 1 heterocycles. The van der Waals surface area contributed by atoms with Crippen molar-refractivity contribution in [3.05, 3.63) is 35.5 Å². The maximum Gasteiger partial charge on any atom is 0.418 e. The zero-order valence-corrected chi connectivity index (χ0v) is 14.3. The number of alkyl halides is 3. The van der Waals surface area contributed by atoms with E-state index in [9.17, 15) is 18.0 Å². The first kappa shape index (κ1) is 19.0. The minimum atomic E-state index is -4.52. The lowest BCUT2D eigenvalue weighted by atomic mass is 10.0. The Morgan fingerprint density at radius 3 is 2.64 bits per heavy atom. The number of esters is 1. The van der Waals surface area contributed by atoms with Gasteiger partial charge >= 0.3 is 12.1 Å². The fourth-order valence-corrected chi connectivity index (χ4v) is 2.44. The van der Waals surface area contributed by atoms with Crippen LogP contribution >= 0.6 is 0 Å². The molecule has 0 saturated carbocycles. The molecule has 1 aromatic carbocycles. The van der Waals surface area contributed by atoms with E-state index in [1.54, 1.807) is 6.92 Å². The molecule has 0 atom stereocenters. The first-order valence-corrected chi connectivity index (χ1v) is 7.94. The monoisotopic (exact) mass is 356 g/mol. The minimum Gasteiger partial charge on any atom is -0.462 e. The summed E-state index contributed by atoms with van der Waals surface area (Å²) < 4.78 is 44.7. The van der Waals surface area contributed by atoms with Gasteiger partial charge in [-0.2, -0.15) is 13.2 Å². The van der Waals surface area contributed by atoms with Crippen molar-refractivity contribution in [1.29, 1.82) is 0 Å². The molecule has 0 amide bonds. The highest BCUT2D eigenvalue weighted by molar-refractivity contribution is 6.05. The Hall–Kier alpha value is -2.35. The molecule has 0 radical (unpaired) electrons. The second-order valence-electron chi connectivity index (χ2n) is 5.85. The van der Waals surface area contributed by atoms with Crippen LogP contribution in [0.4, 0.5) is 18.9 Å². The van der Waals surface area contributed by atoms with Crippen molar-refractivity contribution in [2.45, 2.75) is 13.1 Å². The predicted molar refractivity (Wildman–Crippen MR) is 88.9 cm³/mol. The van der Waals surface area contributed by atoms with Crippen LogP contribution in [0.3, 0.4) is 0 Å². The second-order valence-corrected chi connectivity index (χ2v) is 5.85. The highest BCUT2D eigenvalue weighted by Gasteiger charge is 2.34. The number of hydrogen-bond donors (Lipinski definition) is 2. The molecule has 25 heavy (non-hydrogen) atoms. The zero-order chi connectivity index (χ0) is 18.6. The molecule has 0 unspecified atom stereocenters. The number of carbonyl (C=O) groups is 1. The van der Waals surface area contributed by atoms with Gasteiger partial charge in [0.1, 0.15) is 5.56 Å². The molecule has 5 nitrogen and oxygen atoms in total. The number of halogens is 3. The van der Waals surface area contributed by atoms with Gasteiger partial charge in [-0.05, 0) is 13.0 Å². The highest BCUT2D eigenvalue weighted by Crippen LogP contribution is 2.36. The van der Waals surface area contributed by atoms with Crippen LogP contribution in [0.1, 0.15) is 22.8 Å². The smallest absolute Gasteiger partial charge is 0.418 e. The molecule has 136 valence electrons. The highest BCUT2D eigenvalue weighted by atomic mass is 19.4. The third kappa shape index (κ3) is 4.39. The van der Waals surface area contributed by atoms with Gasteiger partial charge in [-0.1, -0.05) is 12.1 Å². The number of nitrogens with zero attached hydrogens (tertiary/aromatic N) is 1. The van der Waals surface area contributed by atoms with Gasteiger partial charge in [-0.15, -0.1) is 0 Å². The summed E-state index contributed by atoms with van der Waals surface area (Å²) in [7, 11) is 3.92. The van der Waals surface area contributed by atoms with Gasteiger partial charge in [-0.25, -0.2) is 4.79 Å². The number of para-hydroxylation sites is 1. The summed E-state index contributed by atoms with van der Waals surface area (Å²) in [4.78, 5) is 17.2. The van der Waals surface area contributed by atoms with E-state index >= 15 is 0 Å². The number of ether oxygens (including phenoxy) is 1. The summed E-state index contributed by atoms with van der Waals surface area (Å²) in [6, 6.07) is 3.81. The van der Waals surface area contributed by atoms with Crippen LogP contribution in [0.15, 0.2) is 24.4 Å². The van der Waals surface area contributed by atoms with Crippen LogP contribution < -0.4 is 10.2 Å². The fourth-order valence-electron chi connectivity index (χ4n) is 2.44. The first-order valence-electron chi connectivity index (χ1n) is 7.94. The van der Waals surface area contributed by atoms with E-state index in [0.717, 1.165) is 18.8 Å². The average molecular weight is 356 g/mol. The van der Waals surface area contributed by atoms with Crippen molar-refractivity contribution in [3.63, 3.8) is 0 Å². The van der Waals surface area contributed by atoms with E-state index in [1.807, 2.05) is 14.1 Å². The van der Waals surface area contributed by atoms with E-state index in [2.05, 4.69) is 10.3 Å². The summed E-state index contributed by atoms with van der Waals surface area (Å²) in [6.45, 7) is 3.05. The van der Waals surface area contributed by atoms with Gasteiger partial charge in [0, 0.05) is 11.6 Å². The molecule has 0 fully saturated rings. The number of quaternary nitrogens is 1. The first-order chi connectivity index (χ1) is 11.8. The Morgan fingerprint density at radius 1 is 1.32 bits per heavy atom. The Balaban J connectivity index is 2.59. The molecule has 1 aromatic heterocycles. The maximum absolute atomic E-state index is 13.2. The molecule has 0 aliphatic carbocycles. The Labute approximate surface area is 143 Å². The Morgan fingerprint density at radius 2 is 2.04 bits per heavy atom. The number of benzene rings is 1. The minimum absolute atomic E-state index is 0.127. The van der Waals surface area contributed by atoms with Gasteiger partial charge in [0.15, 0.2) is 0 Å². The van der Waals surface area contributed by atoms with Crippen LogP contribution in [0.25, 0.3) is 10.9 Å². The zero-order valence-electron chi connectivity index (χ0n) is 14.3. The number of nitrogens with one attached hydrogen (secondary N) is 2. The van der Waals surface area contributed by atoms with Crippen LogP contribution in [0, 0.1) is 0 Å². The fraction of sp³-hybridized carbons (Fsp3) is 0.412. The van der Waals surface area contributed by atoms with Crippen molar-refractivity contribution in [1.82, 2.24) is 4.98 Å². The summed E-state index contributed by atoms with van der Waals surface area (Å²) in [5.41, 5.74) is -0.581. The molecule has 2 N–H and O–H groups in total. The van der Waals surface area contributed by atoms with Gasteiger partial charge in [0.25, 0.3) is 0 Å². The lowest BCUT2D eigenvalue weighted by molar-refractivity contribution is -0.856. The second kappa shape index (κ2) is 7.69. The number of fused-ring (bicyclic) bond motifs is 1. The number of hydrogen-bond acceptors (Lipinski definition) is 4. The standard InChI is InChI=1S/C17H20F3N3O2/c1-4-25-16(24)12-10-22-15-11(14(12)21-8-9-23(2)3)6-5-7-13(15)17(18,19)20/h5-7,10H,4,8-9H2,1-3H3,(H,21,22)/p+1. The van der Waals surface area contributed by atoms with Gasteiger partial charge in [0.05, 0.1) is 50.6 Å². The van der Waals surface area contributed by atoms with Crippen LogP contribution in [0.2, 0.25) is 0 Å². The molecular formula is C17H21F3N3O2+. The van der Waals surface area contributed by atoms with Gasteiger partial charge in [-0.3, -0.25) is 4.98 Å². The number of aromatic nitrogens is 1. The van der Waals surface area contributed by atoms with Crippen molar-refractivity contribution in [2.24, 2.45) is 0 Å². The van der Waals surface area contributed by atoms with Crippen molar-refractivity contribution in [2.75, 3.05) is 39.1 Å². The average Bonchev–Trinajstić information content (AvgIpc) is 2.53. The summed E-state index contributed by atoms with van der Waals surface area (Å²) in [6.07, 6.45) is -3.39. The molecular weight excluding hydrogens is 335 g/mol. The predicted octanol–water partition coefficient (Wildman–Crippen LogP) is 1.99. The molecule has 0 aliphatic heterocycles. The number of anilines is 1. The van der Waals surface area contributed by atoms with Crippen molar-refractivity contribution >= 4 is 22.6 Å². The van der Waals surface area contributed by atoms with E-state index in [1.165, 1.54) is 17.0 Å². The molecule has 8 heteroatoms. The number of rotatable bonds is 6. The number of likely N-dealkylation sites (N-methyl/N-ethyl adjacent to an activating group) is 1. The van der Waals surface area contributed by atoms with E-state index in [0.29, 0.717) is 12.2 Å². The lowest BCUT2D eigenvalue weighted by Crippen LogP contribution is -3.06.